The molecule has 5 heteroatoms. The number of hydrogen-bond acceptors (Lipinski definition) is 2. The van der Waals surface area contributed by atoms with E-state index >= 15 is 0 Å². The van der Waals surface area contributed by atoms with Crippen LogP contribution in [0.2, 0.25) is 0 Å². The van der Waals surface area contributed by atoms with Crippen molar-refractivity contribution in [2.24, 2.45) is 5.92 Å². The first-order valence-corrected chi connectivity index (χ1v) is 7.84. The Morgan fingerprint density at radius 1 is 1.14 bits per heavy atom. The smallest absolute Gasteiger partial charge is 0.229 e. The second-order valence-corrected chi connectivity index (χ2v) is 6.16. The molecule has 1 fully saturated rings. The lowest BCUT2D eigenvalue weighted by Crippen LogP contribution is -2.28. The molecule has 0 aliphatic carbocycles. The number of anilines is 2. The molecule has 1 aliphatic rings. The summed E-state index contributed by atoms with van der Waals surface area (Å²) < 4.78 is 0.902. The first-order chi connectivity index (χ1) is 10.6. The van der Waals surface area contributed by atoms with Crippen LogP contribution in [0.4, 0.5) is 11.4 Å². The third-order valence-electron chi connectivity index (χ3n) is 3.66. The minimum Gasteiger partial charge on any atom is -0.326 e. The molecule has 4 nitrogen and oxygen atoms in total. The maximum absolute atomic E-state index is 12.3. The molecule has 2 aromatic carbocycles. The standard InChI is InChI=1S/C17H15BrN2O2/c18-13-5-4-6-14(10-13)19-17(22)12-9-16(21)20(11-12)15-7-2-1-3-8-15/h1-8,10,12H,9,11H2,(H,19,22)/t12-/m1/s1. The highest BCUT2D eigenvalue weighted by atomic mass is 79.9. The number of rotatable bonds is 3. The van der Waals surface area contributed by atoms with Gasteiger partial charge in [0.05, 0.1) is 5.92 Å². The average molecular weight is 359 g/mol. The van der Waals surface area contributed by atoms with Gasteiger partial charge in [-0.2, -0.15) is 0 Å². The van der Waals surface area contributed by atoms with Crippen LogP contribution >= 0.6 is 15.9 Å². The number of benzene rings is 2. The predicted molar refractivity (Wildman–Crippen MR) is 89.7 cm³/mol. The van der Waals surface area contributed by atoms with Gasteiger partial charge in [-0.05, 0) is 30.3 Å². The SMILES string of the molecule is O=C(Nc1cccc(Br)c1)[C@@H]1CC(=O)N(c2ccccc2)C1. The van der Waals surface area contributed by atoms with Crippen LogP contribution in [0.25, 0.3) is 0 Å². The Morgan fingerprint density at radius 3 is 2.64 bits per heavy atom. The summed E-state index contributed by atoms with van der Waals surface area (Å²) in [4.78, 5) is 26.1. The Labute approximate surface area is 137 Å². The lowest BCUT2D eigenvalue weighted by molar-refractivity contribution is -0.122. The van der Waals surface area contributed by atoms with E-state index in [9.17, 15) is 9.59 Å². The molecule has 0 bridgehead atoms. The highest BCUT2D eigenvalue weighted by Gasteiger charge is 2.35. The molecule has 0 saturated carbocycles. The molecule has 1 aliphatic heterocycles. The van der Waals surface area contributed by atoms with Crippen molar-refractivity contribution < 1.29 is 9.59 Å². The third kappa shape index (κ3) is 3.20. The Kier molecular flexibility index (Phi) is 4.24. The van der Waals surface area contributed by atoms with E-state index in [0.717, 1.165) is 15.8 Å². The number of carbonyl (C=O) groups excluding carboxylic acids is 2. The average Bonchev–Trinajstić information content (AvgIpc) is 2.90. The number of amides is 2. The fourth-order valence-corrected chi connectivity index (χ4v) is 2.95. The van der Waals surface area contributed by atoms with Gasteiger partial charge < -0.3 is 10.2 Å². The second-order valence-electron chi connectivity index (χ2n) is 5.24. The van der Waals surface area contributed by atoms with E-state index in [4.69, 9.17) is 0 Å². The monoisotopic (exact) mass is 358 g/mol. The lowest BCUT2D eigenvalue weighted by Gasteiger charge is -2.16. The van der Waals surface area contributed by atoms with Crippen LogP contribution in [-0.2, 0) is 9.59 Å². The van der Waals surface area contributed by atoms with Crippen molar-refractivity contribution >= 4 is 39.1 Å². The largest absolute Gasteiger partial charge is 0.326 e. The Balaban J connectivity index is 1.69. The number of halogens is 1. The molecule has 1 heterocycles. The molecular formula is C17H15BrN2O2. The maximum Gasteiger partial charge on any atom is 0.229 e. The summed E-state index contributed by atoms with van der Waals surface area (Å²) >= 11 is 3.37. The van der Waals surface area contributed by atoms with Crippen LogP contribution in [0, 0.1) is 5.92 Å². The lowest BCUT2D eigenvalue weighted by atomic mass is 10.1. The van der Waals surface area contributed by atoms with Crippen molar-refractivity contribution in [1.82, 2.24) is 0 Å². The first kappa shape index (κ1) is 14.8. The van der Waals surface area contributed by atoms with E-state index in [1.807, 2.05) is 54.6 Å². The molecule has 1 N–H and O–H groups in total. The van der Waals surface area contributed by atoms with Gasteiger partial charge in [-0.15, -0.1) is 0 Å². The van der Waals surface area contributed by atoms with E-state index in [0.29, 0.717) is 6.54 Å². The number of hydrogen-bond donors (Lipinski definition) is 1. The van der Waals surface area contributed by atoms with Crippen LogP contribution in [0.15, 0.2) is 59.1 Å². The van der Waals surface area contributed by atoms with Crippen LogP contribution in [0.5, 0.6) is 0 Å². The summed E-state index contributed by atoms with van der Waals surface area (Å²) in [5, 5.41) is 2.87. The molecular weight excluding hydrogens is 344 g/mol. The van der Waals surface area contributed by atoms with Gasteiger partial charge in [0.15, 0.2) is 0 Å². The van der Waals surface area contributed by atoms with Gasteiger partial charge >= 0.3 is 0 Å². The highest BCUT2D eigenvalue weighted by molar-refractivity contribution is 9.10. The molecule has 0 unspecified atom stereocenters. The topological polar surface area (TPSA) is 49.4 Å². The van der Waals surface area contributed by atoms with Crippen LogP contribution in [0.3, 0.4) is 0 Å². The van der Waals surface area contributed by atoms with Crippen molar-refractivity contribution in [2.45, 2.75) is 6.42 Å². The van der Waals surface area contributed by atoms with Gasteiger partial charge in [0.25, 0.3) is 0 Å². The van der Waals surface area contributed by atoms with Gasteiger partial charge in [0.2, 0.25) is 11.8 Å². The zero-order valence-electron chi connectivity index (χ0n) is 11.8. The van der Waals surface area contributed by atoms with Gasteiger partial charge in [-0.1, -0.05) is 40.2 Å². The van der Waals surface area contributed by atoms with Gasteiger partial charge in [0.1, 0.15) is 0 Å². The van der Waals surface area contributed by atoms with Crippen molar-refractivity contribution in [1.29, 1.82) is 0 Å². The highest BCUT2D eigenvalue weighted by Crippen LogP contribution is 2.26. The van der Waals surface area contributed by atoms with Crippen LogP contribution in [0.1, 0.15) is 6.42 Å². The molecule has 22 heavy (non-hydrogen) atoms. The summed E-state index contributed by atoms with van der Waals surface area (Å²) in [6.07, 6.45) is 0.245. The molecule has 0 aromatic heterocycles. The summed E-state index contributed by atoms with van der Waals surface area (Å²) in [5.41, 5.74) is 1.57. The van der Waals surface area contributed by atoms with Crippen molar-refractivity contribution in [3.8, 4) is 0 Å². The molecule has 112 valence electrons. The molecule has 2 amide bonds. The summed E-state index contributed by atoms with van der Waals surface area (Å²) in [5.74, 6) is -0.461. The maximum atomic E-state index is 12.3. The minimum atomic E-state index is -0.327. The fourth-order valence-electron chi connectivity index (χ4n) is 2.55. The van der Waals surface area contributed by atoms with E-state index in [2.05, 4.69) is 21.2 Å². The van der Waals surface area contributed by atoms with Crippen molar-refractivity contribution in [2.75, 3.05) is 16.8 Å². The number of carbonyl (C=O) groups is 2. The molecule has 1 saturated heterocycles. The third-order valence-corrected chi connectivity index (χ3v) is 4.15. The Bertz CT molecular complexity index is 703. The Morgan fingerprint density at radius 2 is 1.91 bits per heavy atom. The quantitative estimate of drug-likeness (QED) is 0.913. The molecule has 2 aromatic rings. The van der Waals surface area contributed by atoms with E-state index in [1.54, 1.807) is 4.90 Å². The summed E-state index contributed by atoms with van der Waals surface area (Å²) in [6, 6.07) is 16.9. The Hall–Kier alpha value is -2.14. The summed E-state index contributed by atoms with van der Waals surface area (Å²) in [6.45, 7) is 0.419. The van der Waals surface area contributed by atoms with Gasteiger partial charge in [-0.3, -0.25) is 9.59 Å². The normalized spacial score (nSPS) is 17.6. The number of nitrogens with one attached hydrogen (secondary N) is 1. The molecule has 0 radical (unpaired) electrons. The van der Waals surface area contributed by atoms with Crippen molar-refractivity contribution in [3.05, 3.63) is 59.1 Å². The zero-order chi connectivity index (χ0) is 15.5. The molecule has 0 spiro atoms. The van der Waals surface area contributed by atoms with Crippen LogP contribution in [-0.4, -0.2) is 18.4 Å². The summed E-state index contributed by atoms with van der Waals surface area (Å²) in [7, 11) is 0. The van der Waals surface area contributed by atoms with Gasteiger partial charge in [-0.25, -0.2) is 0 Å². The first-order valence-electron chi connectivity index (χ1n) is 7.05. The fraction of sp³-hybridized carbons (Fsp3) is 0.176. The van der Waals surface area contributed by atoms with Gasteiger partial charge in [0, 0.05) is 28.8 Å². The predicted octanol–water partition coefficient (Wildman–Crippen LogP) is 3.44. The van der Waals surface area contributed by atoms with E-state index in [-0.39, 0.29) is 24.2 Å². The minimum absolute atomic E-state index is 0.0133. The zero-order valence-corrected chi connectivity index (χ0v) is 13.4. The molecule has 3 rings (SSSR count). The van der Waals surface area contributed by atoms with Crippen molar-refractivity contribution in [3.63, 3.8) is 0 Å². The van der Waals surface area contributed by atoms with E-state index < -0.39 is 0 Å². The number of para-hydroxylation sites is 1. The second kappa shape index (κ2) is 6.32. The number of nitrogens with zero attached hydrogens (tertiary/aromatic N) is 1. The van der Waals surface area contributed by atoms with Crippen LogP contribution < -0.4 is 10.2 Å². The van der Waals surface area contributed by atoms with E-state index in [1.165, 1.54) is 0 Å². The molecule has 1 atom stereocenters.